The number of ketones is 2. The maximum Gasteiger partial charge on any atom is 0.159 e. The number of aryl methyl sites for hydroxylation is 1. The van der Waals surface area contributed by atoms with Crippen molar-refractivity contribution in [1.29, 1.82) is 0 Å². The molecule has 1 aromatic carbocycles. The monoisotopic (exact) mass is 204 g/mol. The predicted molar refractivity (Wildman–Crippen MR) is 60.1 cm³/mol. The number of carbonyl (C=O) groups excluding carboxylic acids is 2. The average molecular weight is 204 g/mol. The second-order valence-electron chi connectivity index (χ2n) is 3.81. The fourth-order valence-electron chi connectivity index (χ4n) is 1.45. The van der Waals surface area contributed by atoms with E-state index in [0.717, 1.165) is 18.4 Å². The van der Waals surface area contributed by atoms with Crippen LogP contribution in [-0.4, -0.2) is 11.6 Å². The van der Waals surface area contributed by atoms with Crippen LogP contribution >= 0.6 is 0 Å². The summed E-state index contributed by atoms with van der Waals surface area (Å²) in [6.45, 7) is 3.17. The highest BCUT2D eigenvalue weighted by molar-refractivity contribution is 5.94. The molecule has 0 spiro atoms. The highest BCUT2D eigenvalue weighted by Gasteiger charge is 1.99. The van der Waals surface area contributed by atoms with Gasteiger partial charge in [0.2, 0.25) is 0 Å². The highest BCUT2D eigenvalue weighted by atomic mass is 16.1. The first-order chi connectivity index (χ1) is 7.09. The molecule has 0 atom stereocenters. The molecule has 0 aliphatic heterocycles. The Kier molecular flexibility index (Phi) is 4.22. The van der Waals surface area contributed by atoms with Crippen molar-refractivity contribution in [3.8, 4) is 0 Å². The van der Waals surface area contributed by atoms with Crippen molar-refractivity contribution >= 4 is 11.6 Å². The first kappa shape index (κ1) is 11.6. The third-order valence-corrected chi connectivity index (χ3v) is 2.35. The molecule has 1 aromatic rings. The largest absolute Gasteiger partial charge is 0.300 e. The number of rotatable bonds is 5. The van der Waals surface area contributed by atoms with E-state index in [1.807, 2.05) is 24.3 Å². The molecule has 0 unspecified atom stereocenters. The van der Waals surface area contributed by atoms with E-state index in [-0.39, 0.29) is 11.6 Å². The number of hydrogen-bond acceptors (Lipinski definition) is 2. The lowest BCUT2D eigenvalue weighted by molar-refractivity contribution is -0.117. The molecule has 15 heavy (non-hydrogen) atoms. The van der Waals surface area contributed by atoms with Crippen LogP contribution < -0.4 is 0 Å². The lowest BCUT2D eigenvalue weighted by Crippen LogP contribution is -1.94. The topological polar surface area (TPSA) is 34.1 Å². The van der Waals surface area contributed by atoms with Crippen molar-refractivity contribution in [1.82, 2.24) is 0 Å². The standard InChI is InChI=1S/C13H16O2/c1-10(14)4-3-5-12-6-8-13(9-7-12)11(2)15/h6-9H,3-5H2,1-2H3. The average Bonchev–Trinajstić information content (AvgIpc) is 2.18. The Bertz CT molecular complexity index is 349. The van der Waals surface area contributed by atoms with Gasteiger partial charge in [-0.3, -0.25) is 4.79 Å². The Hall–Kier alpha value is -1.44. The summed E-state index contributed by atoms with van der Waals surface area (Å²) in [5.41, 5.74) is 1.92. The molecule has 0 heterocycles. The Morgan fingerprint density at radius 3 is 2.13 bits per heavy atom. The zero-order valence-electron chi connectivity index (χ0n) is 9.25. The zero-order valence-corrected chi connectivity index (χ0v) is 9.25. The van der Waals surface area contributed by atoms with Crippen molar-refractivity contribution in [2.45, 2.75) is 33.1 Å². The van der Waals surface area contributed by atoms with Gasteiger partial charge in [-0.15, -0.1) is 0 Å². The normalized spacial score (nSPS) is 10.0. The fraction of sp³-hybridized carbons (Fsp3) is 0.385. The van der Waals surface area contributed by atoms with Crippen molar-refractivity contribution < 1.29 is 9.59 Å². The van der Waals surface area contributed by atoms with Crippen molar-refractivity contribution in [2.75, 3.05) is 0 Å². The molecule has 0 saturated heterocycles. The van der Waals surface area contributed by atoms with Gasteiger partial charge in [-0.1, -0.05) is 24.3 Å². The van der Waals surface area contributed by atoms with E-state index in [1.54, 1.807) is 13.8 Å². The molecule has 0 N–H and O–H groups in total. The van der Waals surface area contributed by atoms with Crippen molar-refractivity contribution in [3.63, 3.8) is 0 Å². The van der Waals surface area contributed by atoms with E-state index in [2.05, 4.69) is 0 Å². The molecule has 0 bridgehead atoms. The van der Waals surface area contributed by atoms with Gasteiger partial charge in [0.15, 0.2) is 5.78 Å². The molecule has 80 valence electrons. The van der Waals surface area contributed by atoms with Crippen LogP contribution in [0.3, 0.4) is 0 Å². The Morgan fingerprint density at radius 2 is 1.67 bits per heavy atom. The predicted octanol–water partition coefficient (Wildman–Crippen LogP) is 2.80. The molecule has 1 rings (SSSR count). The van der Waals surface area contributed by atoms with Crippen LogP contribution in [0.4, 0.5) is 0 Å². The van der Waals surface area contributed by atoms with Gasteiger partial charge in [0.25, 0.3) is 0 Å². The van der Waals surface area contributed by atoms with Crippen LogP contribution in [0.25, 0.3) is 0 Å². The first-order valence-corrected chi connectivity index (χ1v) is 5.19. The molecular weight excluding hydrogens is 188 g/mol. The summed E-state index contributed by atoms with van der Waals surface area (Å²) in [4.78, 5) is 21.7. The third kappa shape index (κ3) is 4.07. The van der Waals surface area contributed by atoms with Crippen molar-refractivity contribution in [3.05, 3.63) is 35.4 Å². The SMILES string of the molecule is CC(=O)CCCc1ccc(C(C)=O)cc1. The fourth-order valence-corrected chi connectivity index (χ4v) is 1.45. The van der Waals surface area contributed by atoms with Gasteiger partial charge in [-0.2, -0.15) is 0 Å². The second kappa shape index (κ2) is 5.44. The minimum Gasteiger partial charge on any atom is -0.300 e. The van der Waals surface area contributed by atoms with Crippen LogP contribution in [0.15, 0.2) is 24.3 Å². The lowest BCUT2D eigenvalue weighted by atomic mass is 10.0. The molecular formula is C13H16O2. The maximum atomic E-state index is 11.0. The molecule has 0 saturated carbocycles. The summed E-state index contributed by atoms with van der Waals surface area (Å²) in [5.74, 6) is 0.320. The van der Waals surface area contributed by atoms with Gasteiger partial charge in [-0.25, -0.2) is 0 Å². The van der Waals surface area contributed by atoms with Gasteiger partial charge in [-0.05, 0) is 32.3 Å². The summed E-state index contributed by atoms with van der Waals surface area (Å²) >= 11 is 0. The van der Waals surface area contributed by atoms with Crippen LogP contribution in [0.1, 0.15) is 42.6 Å². The second-order valence-corrected chi connectivity index (χ2v) is 3.81. The minimum absolute atomic E-state index is 0.0882. The first-order valence-electron chi connectivity index (χ1n) is 5.19. The quantitative estimate of drug-likeness (QED) is 0.691. The molecule has 0 radical (unpaired) electrons. The summed E-state index contributed by atoms with van der Waals surface area (Å²) in [6.07, 6.45) is 2.42. The summed E-state index contributed by atoms with van der Waals surface area (Å²) < 4.78 is 0. The molecule has 2 nitrogen and oxygen atoms in total. The van der Waals surface area contributed by atoms with E-state index >= 15 is 0 Å². The number of hydrogen-bond donors (Lipinski definition) is 0. The Morgan fingerprint density at radius 1 is 1.07 bits per heavy atom. The molecule has 2 heteroatoms. The Labute approximate surface area is 90.3 Å². The van der Waals surface area contributed by atoms with E-state index in [9.17, 15) is 9.59 Å². The van der Waals surface area contributed by atoms with Gasteiger partial charge in [0.05, 0.1) is 0 Å². The van der Waals surface area contributed by atoms with E-state index in [1.165, 1.54) is 5.56 Å². The molecule has 0 amide bonds. The molecule has 0 aromatic heterocycles. The van der Waals surface area contributed by atoms with Gasteiger partial charge in [0, 0.05) is 12.0 Å². The van der Waals surface area contributed by atoms with E-state index in [0.29, 0.717) is 6.42 Å². The van der Waals surface area contributed by atoms with Gasteiger partial charge < -0.3 is 4.79 Å². The molecule has 0 aliphatic rings. The van der Waals surface area contributed by atoms with E-state index < -0.39 is 0 Å². The molecule has 0 aliphatic carbocycles. The number of benzene rings is 1. The van der Waals surface area contributed by atoms with E-state index in [4.69, 9.17) is 0 Å². The summed E-state index contributed by atoms with van der Waals surface area (Å²) in [7, 11) is 0. The summed E-state index contributed by atoms with van der Waals surface area (Å²) in [5, 5.41) is 0. The van der Waals surface area contributed by atoms with Crippen molar-refractivity contribution in [2.24, 2.45) is 0 Å². The third-order valence-electron chi connectivity index (χ3n) is 2.35. The van der Waals surface area contributed by atoms with Crippen LogP contribution in [-0.2, 0) is 11.2 Å². The summed E-state index contributed by atoms with van der Waals surface area (Å²) in [6, 6.07) is 7.59. The van der Waals surface area contributed by atoms with Crippen LogP contribution in [0, 0.1) is 0 Å². The number of carbonyl (C=O) groups is 2. The number of Topliss-reactive ketones (excluding diaryl/α,β-unsaturated/α-hetero) is 2. The van der Waals surface area contributed by atoms with Crippen LogP contribution in [0.2, 0.25) is 0 Å². The minimum atomic E-state index is 0.0882. The van der Waals surface area contributed by atoms with Gasteiger partial charge >= 0.3 is 0 Å². The highest BCUT2D eigenvalue weighted by Crippen LogP contribution is 2.08. The maximum absolute atomic E-state index is 11.0. The van der Waals surface area contributed by atoms with Gasteiger partial charge in [0.1, 0.15) is 5.78 Å². The Balaban J connectivity index is 2.50. The van der Waals surface area contributed by atoms with Crippen LogP contribution in [0.5, 0.6) is 0 Å². The lowest BCUT2D eigenvalue weighted by Gasteiger charge is -2.01. The zero-order chi connectivity index (χ0) is 11.3. The molecule has 0 fully saturated rings. The smallest absolute Gasteiger partial charge is 0.159 e.